The molecule has 0 atom stereocenters. The van der Waals surface area contributed by atoms with Gasteiger partial charge in [-0.1, -0.05) is 35.3 Å². The van der Waals surface area contributed by atoms with Crippen molar-refractivity contribution in [2.75, 3.05) is 13.1 Å². The largest absolute Gasteiger partial charge is 0.356 e. The molecule has 0 saturated heterocycles. The first kappa shape index (κ1) is 19.2. The van der Waals surface area contributed by atoms with E-state index in [9.17, 15) is 13.2 Å². The van der Waals surface area contributed by atoms with E-state index >= 15 is 0 Å². The minimum Gasteiger partial charge on any atom is -0.356 e. The number of hydrogen-bond acceptors (Lipinski definition) is 4. The van der Waals surface area contributed by atoms with Gasteiger partial charge in [-0.25, -0.2) is 13.1 Å². The molecule has 0 spiro atoms. The molecule has 1 heterocycles. The predicted molar refractivity (Wildman–Crippen MR) is 97.3 cm³/mol. The molecule has 1 aromatic carbocycles. The Morgan fingerprint density at radius 1 is 1.17 bits per heavy atom. The van der Waals surface area contributed by atoms with Crippen LogP contribution in [0.25, 0.3) is 0 Å². The number of halogens is 2. The number of amides is 1. The fraction of sp³-hybridized carbons (Fsp3) is 0.267. The minimum atomic E-state index is -3.53. The van der Waals surface area contributed by atoms with Crippen molar-refractivity contribution >= 4 is 50.5 Å². The van der Waals surface area contributed by atoms with Crippen LogP contribution in [-0.4, -0.2) is 27.4 Å². The molecule has 130 valence electrons. The zero-order valence-corrected chi connectivity index (χ0v) is 15.7. The fourth-order valence-electron chi connectivity index (χ4n) is 1.94. The van der Waals surface area contributed by atoms with E-state index in [1.54, 1.807) is 23.6 Å². The van der Waals surface area contributed by atoms with Crippen molar-refractivity contribution in [3.8, 4) is 0 Å². The molecular formula is C15H16Cl2N2O3S2. The summed E-state index contributed by atoms with van der Waals surface area (Å²) in [5.74, 6) is -0.228. The van der Waals surface area contributed by atoms with Crippen LogP contribution in [0.5, 0.6) is 0 Å². The lowest BCUT2D eigenvalue weighted by Crippen LogP contribution is -2.31. The van der Waals surface area contributed by atoms with Gasteiger partial charge in [0.05, 0.1) is 0 Å². The van der Waals surface area contributed by atoms with Crippen LogP contribution in [0.15, 0.2) is 39.9 Å². The minimum absolute atomic E-state index is 0.0494. The topological polar surface area (TPSA) is 75.3 Å². The van der Waals surface area contributed by atoms with E-state index < -0.39 is 10.0 Å². The third kappa shape index (κ3) is 5.75. The predicted octanol–water partition coefficient (Wildman–Crippen LogP) is 3.08. The highest BCUT2D eigenvalue weighted by Gasteiger charge is 2.14. The molecular weight excluding hydrogens is 391 g/mol. The summed E-state index contributed by atoms with van der Waals surface area (Å²) in [5, 5.41) is 5.53. The zero-order chi connectivity index (χ0) is 17.6. The molecule has 0 fully saturated rings. The molecule has 0 saturated carbocycles. The van der Waals surface area contributed by atoms with Crippen molar-refractivity contribution in [1.82, 2.24) is 10.0 Å². The lowest BCUT2D eigenvalue weighted by molar-refractivity contribution is -0.120. The molecule has 0 aliphatic rings. The Labute approximate surface area is 155 Å². The van der Waals surface area contributed by atoms with Gasteiger partial charge >= 0.3 is 0 Å². The van der Waals surface area contributed by atoms with Gasteiger partial charge in [0.1, 0.15) is 4.21 Å². The quantitative estimate of drug-likeness (QED) is 0.706. The van der Waals surface area contributed by atoms with Gasteiger partial charge in [-0.05, 0) is 35.6 Å². The average Bonchev–Trinajstić information content (AvgIpc) is 3.04. The number of rotatable bonds is 8. The fourth-order valence-corrected chi connectivity index (χ4v) is 4.51. The zero-order valence-electron chi connectivity index (χ0n) is 12.6. The van der Waals surface area contributed by atoms with Crippen LogP contribution in [0, 0.1) is 0 Å². The third-order valence-corrected chi connectivity index (χ3v) is 6.58. The number of carbonyl (C=O) groups is 1. The monoisotopic (exact) mass is 406 g/mol. The van der Waals surface area contributed by atoms with Crippen molar-refractivity contribution in [3.63, 3.8) is 0 Å². The summed E-state index contributed by atoms with van der Waals surface area (Å²) in [6.07, 6.45) is 0.640. The highest BCUT2D eigenvalue weighted by molar-refractivity contribution is 7.91. The van der Waals surface area contributed by atoms with Crippen molar-refractivity contribution in [1.29, 1.82) is 0 Å². The van der Waals surface area contributed by atoms with Gasteiger partial charge in [0.2, 0.25) is 15.9 Å². The molecule has 1 aromatic heterocycles. The molecule has 0 radical (unpaired) electrons. The highest BCUT2D eigenvalue weighted by Crippen LogP contribution is 2.21. The van der Waals surface area contributed by atoms with E-state index in [2.05, 4.69) is 10.0 Å². The first-order chi connectivity index (χ1) is 11.4. The molecule has 1 amide bonds. The van der Waals surface area contributed by atoms with E-state index in [0.717, 1.165) is 16.9 Å². The van der Waals surface area contributed by atoms with Gasteiger partial charge < -0.3 is 5.32 Å². The molecule has 2 N–H and O–H groups in total. The maximum atomic E-state index is 11.9. The Morgan fingerprint density at radius 2 is 1.96 bits per heavy atom. The summed E-state index contributed by atoms with van der Waals surface area (Å²) in [6, 6.07) is 8.38. The highest BCUT2D eigenvalue weighted by atomic mass is 35.5. The first-order valence-corrected chi connectivity index (χ1v) is 10.2. The van der Waals surface area contributed by atoms with Crippen LogP contribution < -0.4 is 10.0 Å². The Hall–Kier alpha value is -1.12. The second-order valence-electron chi connectivity index (χ2n) is 4.92. The lowest BCUT2D eigenvalue weighted by atomic mass is 10.1. The van der Waals surface area contributed by atoms with E-state index in [0.29, 0.717) is 23.0 Å². The van der Waals surface area contributed by atoms with Crippen LogP contribution in [-0.2, 0) is 21.2 Å². The average molecular weight is 407 g/mol. The smallest absolute Gasteiger partial charge is 0.250 e. The molecule has 5 nitrogen and oxygen atoms in total. The number of carbonyl (C=O) groups excluding carboxylic acids is 1. The van der Waals surface area contributed by atoms with Gasteiger partial charge in [-0.3, -0.25) is 4.79 Å². The Balaban J connectivity index is 1.70. The molecule has 0 bridgehead atoms. The number of hydrogen-bond donors (Lipinski definition) is 2. The van der Waals surface area contributed by atoms with Gasteiger partial charge in [-0.15, -0.1) is 11.3 Å². The second-order valence-corrected chi connectivity index (χ2v) is 8.70. The summed E-state index contributed by atoms with van der Waals surface area (Å²) in [4.78, 5) is 11.7. The summed E-state index contributed by atoms with van der Waals surface area (Å²) < 4.78 is 26.4. The molecule has 24 heavy (non-hydrogen) atoms. The number of thiophene rings is 1. The third-order valence-electron chi connectivity index (χ3n) is 3.14. The molecule has 2 rings (SSSR count). The van der Waals surface area contributed by atoms with Crippen LogP contribution in [0.2, 0.25) is 10.0 Å². The SMILES string of the molecule is O=C(CCNS(=O)(=O)c1cccs1)NCCc1ccc(Cl)cc1Cl. The Kier molecular flexibility index (Phi) is 7.06. The van der Waals surface area contributed by atoms with Crippen molar-refractivity contribution in [2.24, 2.45) is 0 Å². The number of benzene rings is 1. The maximum Gasteiger partial charge on any atom is 0.250 e. The lowest BCUT2D eigenvalue weighted by Gasteiger charge is -2.08. The maximum absolute atomic E-state index is 11.9. The van der Waals surface area contributed by atoms with Crippen LogP contribution in [0.3, 0.4) is 0 Å². The number of nitrogens with one attached hydrogen (secondary N) is 2. The Bertz CT molecular complexity index is 793. The standard InChI is InChI=1S/C15H16Cl2N2O3S2/c16-12-4-3-11(13(17)10-12)5-7-18-14(20)6-8-19-24(21,22)15-2-1-9-23-15/h1-4,9-10,19H,5-8H2,(H,18,20). The summed E-state index contributed by atoms with van der Waals surface area (Å²) in [7, 11) is -3.53. The van der Waals surface area contributed by atoms with Gasteiger partial charge in [-0.2, -0.15) is 0 Å². The summed E-state index contributed by atoms with van der Waals surface area (Å²) in [5.41, 5.74) is 0.889. The summed E-state index contributed by atoms with van der Waals surface area (Å²) >= 11 is 13.0. The van der Waals surface area contributed by atoms with Crippen molar-refractivity contribution in [2.45, 2.75) is 17.1 Å². The molecule has 0 aliphatic heterocycles. The first-order valence-electron chi connectivity index (χ1n) is 7.12. The molecule has 9 heteroatoms. The molecule has 0 aliphatic carbocycles. The van der Waals surface area contributed by atoms with Gasteiger partial charge in [0.25, 0.3) is 0 Å². The van der Waals surface area contributed by atoms with E-state index in [1.165, 1.54) is 6.07 Å². The normalized spacial score (nSPS) is 11.4. The number of sulfonamides is 1. The van der Waals surface area contributed by atoms with E-state index in [4.69, 9.17) is 23.2 Å². The second kappa shape index (κ2) is 8.82. The van der Waals surface area contributed by atoms with Crippen molar-refractivity contribution < 1.29 is 13.2 Å². The Morgan fingerprint density at radius 3 is 2.62 bits per heavy atom. The van der Waals surface area contributed by atoms with Crippen molar-refractivity contribution in [3.05, 3.63) is 51.3 Å². The van der Waals surface area contributed by atoms with Crippen LogP contribution in [0.1, 0.15) is 12.0 Å². The van der Waals surface area contributed by atoms with Crippen LogP contribution >= 0.6 is 34.5 Å². The van der Waals surface area contributed by atoms with Gasteiger partial charge in [0, 0.05) is 29.6 Å². The van der Waals surface area contributed by atoms with Gasteiger partial charge in [0.15, 0.2) is 0 Å². The van der Waals surface area contributed by atoms with Crippen LogP contribution in [0.4, 0.5) is 0 Å². The molecule has 0 unspecified atom stereocenters. The van der Waals surface area contributed by atoms with E-state index in [-0.39, 0.29) is 23.1 Å². The van der Waals surface area contributed by atoms with E-state index in [1.807, 2.05) is 6.07 Å². The summed E-state index contributed by atoms with van der Waals surface area (Å²) in [6.45, 7) is 0.464. The molecule has 2 aromatic rings.